The zero-order valence-corrected chi connectivity index (χ0v) is 10.4. The molecule has 1 aliphatic heterocycles. The smallest absolute Gasteiger partial charge is 0.257 e. The summed E-state index contributed by atoms with van der Waals surface area (Å²) in [5.41, 5.74) is -0.00571. The Labute approximate surface area is 106 Å². The maximum absolute atomic E-state index is 12.1. The summed E-state index contributed by atoms with van der Waals surface area (Å²) in [5, 5.41) is 5.11. The van der Waals surface area contributed by atoms with E-state index in [0.29, 0.717) is 6.04 Å². The summed E-state index contributed by atoms with van der Waals surface area (Å²) in [4.78, 5) is 17.3. The van der Waals surface area contributed by atoms with Crippen LogP contribution >= 0.6 is 0 Å². The molecule has 1 unspecified atom stereocenters. The lowest BCUT2D eigenvalue weighted by Gasteiger charge is -2.35. The van der Waals surface area contributed by atoms with Crippen molar-refractivity contribution < 1.29 is 0 Å². The number of anilines is 1. The third-order valence-electron chi connectivity index (χ3n) is 3.55. The molecule has 1 aromatic carbocycles. The van der Waals surface area contributed by atoms with Crippen molar-refractivity contribution in [2.24, 2.45) is 0 Å². The third kappa shape index (κ3) is 1.88. The molecule has 1 aromatic heterocycles. The Hall–Kier alpha value is -1.81. The zero-order valence-electron chi connectivity index (χ0n) is 10.4. The minimum Gasteiger partial charge on any atom is -0.353 e. The van der Waals surface area contributed by atoms with Crippen LogP contribution in [0.25, 0.3) is 10.8 Å². The molecule has 1 atom stereocenters. The van der Waals surface area contributed by atoms with E-state index in [1.54, 1.807) is 0 Å². The predicted octanol–water partition coefficient (Wildman–Crippen LogP) is 1.33. The average Bonchev–Trinajstić information content (AvgIpc) is 2.39. The molecule has 0 saturated carbocycles. The summed E-state index contributed by atoms with van der Waals surface area (Å²) in [6.45, 7) is 5.00. The van der Waals surface area contributed by atoms with Gasteiger partial charge in [-0.2, -0.15) is 0 Å². The minimum atomic E-state index is -0.00571. The van der Waals surface area contributed by atoms with E-state index in [1.807, 2.05) is 24.3 Å². The van der Waals surface area contributed by atoms with Crippen molar-refractivity contribution in [2.45, 2.75) is 13.0 Å². The third-order valence-corrected chi connectivity index (χ3v) is 3.55. The molecule has 4 heteroatoms. The number of H-pyrrole nitrogens is 1. The second-order valence-electron chi connectivity index (χ2n) is 4.82. The average molecular weight is 243 g/mol. The van der Waals surface area contributed by atoms with E-state index in [4.69, 9.17) is 0 Å². The number of nitrogens with zero attached hydrogens (tertiary/aromatic N) is 1. The number of hydrogen-bond donors (Lipinski definition) is 2. The molecule has 2 heterocycles. The molecule has 0 radical (unpaired) electrons. The van der Waals surface area contributed by atoms with Crippen LogP contribution in [0.15, 0.2) is 35.1 Å². The number of pyridine rings is 1. The van der Waals surface area contributed by atoms with Gasteiger partial charge < -0.3 is 15.2 Å². The zero-order chi connectivity index (χ0) is 12.5. The maximum atomic E-state index is 12.1. The second-order valence-corrected chi connectivity index (χ2v) is 4.82. The Morgan fingerprint density at radius 2 is 2.17 bits per heavy atom. The van der Waals surface area contributed by atoms with Crippen LogP contribution in [0, 0.1) is 0 Å². The van der Waals surface area contributed by atoms with Crippen molar-refractivity contribution in [1.29, 1.82) is 0 Å². The quantitative estimate of drug-likeness (QED) is 0.794. The number of benzene rings is 1. The van der Waals surface area contributed by atoms with Crippen LogP contribution in [0.5, 0.6) is 0 Å². The molecule has 2 N–H and O–H groups in total. The van der Waals surface area contributed by atoms with E-state index >= 15 is 0 Å². The highest BCUT2D eigenvalue weighted by molar-refractivity contribution is 5.83. The molecule has 4 nitrogen and oxygen atoms in total. The molecule has 1 fully saturated rings. The predicted molar refractivity (Wildman–Crippen MR) is 74.2 cm³/mol. The molecular weight excluding hydrogens is 226 g/mol. The summed E-state index contributed by atoms with van der Waals surface area (Å²) in [6, 6.07) is 10.2. The first-order chi connectivity index (χ1) is 8.75. The van der Waals surface area contributed by atoms with Crippen LogP contribution in [0.1, 0.15) is 6.92 Å². The van der Waals surface area contributed by atoms with Crippen molar-refractivity contribution in [3.05, 3.63) is 40.7 Å². The fourth-order valence-electron chi connectivity index (χ4n) is 2.55. The van der Waals surface area contributed by atoms with E-state index in [1.165, 1.54) is 0 Å². The Morgan fingerprint density at radius 3 is 3.00 bits per heavy atom. The Bertz CT molecular complexity index is 620. The van der Waals surface area contributed by atoms with Gasteiger partial charge in [0.25, 0.3) is 5.56 Å². The van der Waals surface area contributed by atoms with Gasteiger partial charge in [0.15, 0.2) is 0 Å². The molecule has 2 aromatic rings. The first-order valence-electron chi connectivity index (χ1n) is 6.35. The van der Waals surface area contributed by atoms with Crippen molar-refractivity contribution in [2.75, 3.05) is 24.5 Å². The lowest BCUT2D eigenvalue weighted by molar-refractivity contribution is 0.497. The van der Waals surface area contributed by atoms with E-state index in [9.17, 15) is 4.79 Å². The number of rotatable bonds is 1. The number of aromatic nitrogens is 1. The lowest BCUT2D eigenvalue weighted by Crippen LogP contribution is -2.50. The van der Waals surface area contributed by atoms with Crippen LogP contribution in [-0.4, -0.2) is 30.7 Å². The van der Waals surface area contributed by atoms with E-state index < -0.39 is 0 Å². The molecule has 3 rings (SSSR count). The molecule has 1 aliphatic rings. The van der Waals surface area contributed by atoms with Gasteiger partial charge >= 0.3 is 0 Å². The fourth-order valence-corrected chi connectivity index (χ4v) is 2.55. The highest BCUT2D eigenvalue weighted by atomic mass is 16.1. The molecule has 0 aliphatic carbocycles. The largest absolute Gasteiger partial charge is 0.353 e. The molecule has 18 heavy (non-hydrogen) atoms. The van der Waals surface area contributed by atoms with E-state index in [0.717, 1.165) is 36.2 Å². The van der Waals surface area contributed by atoms with Gasteiger partial charge in [-0.15, -0.1) is 0 Å². The van der Waals surface area contributed by atoms with Gasteiger partial charge in [0.1, 0.15) is 5.82 Å². The highest BCUT2D eigenvalue weighted by Crippen LogP contribution is 2.18. The van der Waals surface area contributed by atoms with E-state index in [2.05, 4.69) is 28.2 Å². The Kier molecular flexibility index (Phi) is 2.80. The SMILES string of the molecule is CC1CNCCN1c1cc2ccccc2c(=O)[nH]1. The van der Waals surface area contributed by atoms with Gasteiger partial charge in [-0.1, -0.05) is 18.2 Å². The van der Waals surface area contributed by atoms with Crippen molar-refractivity contribution >= 4 is 16.6 Å². The number of nitrogens with one attached hydrogen (secondary N) is 2. The fraction of sp³-hybridized carbons (Fsp3) is 0.357. The maximum Gasteiger partial charge on any atom is 0.257 e. The van der Waals surface area contributed by atoms with Gasteiger partial charge in [0.05, 0.1) is 0 Å². The van der Waals surface area contributed by atoms with Crippen LogP contribution in [0.4, 0.5) is 5.82 Å². The van der Waals surface area contributed by atoms with Gasteiger partial charge in [0.2, 0.25) is 0 Å². The molecular formula is C14H17N3O. The summed E-state index contributed by atoms with van der Waals surface area (Å²) >= 11 is 0. The van der Waals surface area contributed by atoms with E-state index in [-0.39, 0.29) is 5.56 Å². The van der Waals surface area contributed by atoms with Gasteiger partial charge in [-0.25, -0.2) is 0 Å². The summed E-state index contributed by atoms with van der Waals surface area (Å²) < 4.78 is 0. The number of aromatic amines is 1. The molecule has 0 bridgehead atoms. The Balaban J connectivity index is 2.09. The molecule has 0 spiro atoms. The monoisotopic (exact) mass is 243 g/mol. The first-order valence-corrected chi connectivity index (χ1v) is 6.35. The van der Waals surface area contributed by atoms with Crippen LogP contribution < -0.4 is 15.8 Å². The normalized spacial score (nSPS) is 20.3. The van der Waals surface area contributed by atoms with Crippen molar-refractivity contribution in [3.63, 3.8) is 0 Å². The summed E-state index contributed by atoms with van der Waals surface area (Å²) in [6.07, 6.45) is 0. The van der Waals surface area contributed by atoms with Crippen LogP contribution in [0.3, 0.4) is 0 Å². The number of hydrogen-bond acceptors (Lipinski definition) is 3. The molecule has 94 valence electrons. The highest BCUT2D eigenvalue weighted by Gasteiger charge is 2.19. The molecule has 0 amide bonds. The topological polar surface area (TPSA) is 48.1 Å². The van der Waals surface area contributed by atoms with Crippen molar-refractivity contribution in [3.8, 4) is 0 Å². The van der Waals surface area contributed by atoms with Gasteiger partial charge in [-0.05, 0) is 24.4 Å². The first kappa shape index (κ1) is 11.3. The molecule has 1 saturated heterocycles. The minimum absolute atomic E-state index is 0.00571. The number of piperazine rings is 1. The summed E-state index contributed by atoms with van der Waals surface area (Å²) in [7, 11) is 0. The lowest BCUT2D eigenvalue weighted by atomic mass is 10.1. The Morgan fingerprint density at radius 1 is 1.33 bits per heavy atom. The number of fused-ring (bicyclic) bond motifs is 1. The standard InChI is InChI=1S/C14H17N3O/c1-10-9-15-6-7-17(10)13-8-11-4-2-3-5-12(11)14(18)16-13/h2-5,8,10,15H,6-7,9H2,1H3,(H,16,18). The van der Waals surface area contributed by atoms with Crippen LogP contribution in [-0.2, 0) is 0 Å². The van der Waals surface area contributed by atoms with Gasteiger partial charge in [-0.3, -0.25) is 4.79 Å². The van der Waals surface area contributed by atoms with Crippen LogP contribution in [0.2, 0.25) is 0 Å². The second kappa shape index (κ2) is 4.46. The summed E-state index contributed by atoms with van der Waals surface area (Å²) in [5.74, 6) is 0.924. The van der Waals surface area contributed by atoms with Crippen molar-refractivity contribution in [1.82, 2.24) is 10.3 Å². The van der Waals surface area contributed by atoms with Gasteiger partial charge in [0, 0.05) is 31.1 Å².